The molecule has 0 aromatic heterocycles. The van der Waals surface area contributed by atoms with E-state index in [0.29, 0.717) is 12.2 Å². The number of nitrogens with two attached hydrogens (primary N) is 1. The van der Waals surface area contributed by atoms with Crippen molar-refractivity contribution in [2.45, 2.75) is 26.3 Å². The third-order valence-electron chi connectivity index (χ3n) is 2.55. The summed E-state index contributed by atoms with van der Waals surface area (Å²) in [6, 6.07) is 7.67. The lowest BCUT2D eigenvalue weighted by atomic mass is 10.0. The molecule has 1 amide bonds. The number of carbonyl (C=O) groups excluding carboxylic acids is 1. The second-order valence-corrected chi connectivity index (χ2v) is 4.47. The average molecular weight is 261 g/mol. The van der Waals surface area contributed by atoms with Crippen LogP contribution in [0.2, 0.25) is 0 Å². The number of nitrogens with zero attached hydrogens (tertiary/aromatic N) is 1. The standard InChI is InChI=1S/C14H19N3O2/c1-10-4-3-5-12(8-11(2)16)14(10)19-9-13(18)17-7-6-15/h3-5,11H,7-9,16H2,1-2H3,(H,17,18). The lowest BCUT2D eigenvalue weighted by Gasteiger charge is -2.15. The molecule has 0 aliphatic carbocycles. The Morgan fingerprint density at radius 3 is 2.95 bits per heavy atom. The molecule has 5 nitrogen and oxygen atoms in total. The van der Waals surface area contributed by atoms with Gasteiger partial charge in [-0.1, -0.05) is 18.2 Å². The van der Waals surface area contributed by atoms with Gasteiger partial charge in [-0.05, 0) is 31.4 Å². The topological polar surface area (TPSA) is 88.1 Å². The molecule has 0 saturated carbocycles. The zero-order valence-corrected chi connectivity index (χ0v) is 11.3. The third-order valence-corrected chi connectivity index (χ3v) is 2.55. The first-order valence-electron chi connectivity index (χ1n) is 6.15. The number of ether oxygens (including phenoxy) is 1. The molecule has 1 aromatic carbocycles. The van der Waals surface area contributed by atoms with E-state index in [1.165, 1.54) is 0 Å². The number of nitrogens with one attached hydrogen (secondary N) is 1. The molecule has 1 atom stereocenters. The molecule has 3 N–H and O–H groups in total. The van der Waals surface area contributed by atoms with Crippen molar-refractivity contribution in [2.24, 2.45) is 5.73 Å². The third kappa shape index (κ3) is 4.98. The molecule has 0 radical (unpaired) electrons. The number of aryl methyl sites for hydroxylation is 1. The predicted octanol–water partition coefficient (Wildman–Crippen LogP) is 0.903. The molecule has 0 saturated heterocycles. The van der Waals surface area contributed by atoms with Gasteiger partial charge in [-0.15, -0.1) is 0 Å². The number of amides is 1. The Kier molecular flexibility index (Phi) is 5.83. The van der Waals surface area contributed by atoms with Crippen molar-refractivity contribution in [3.05, 3.63) is 29.3 Å². The van der Waals surface area contributed by atoms with Crippen LogP contribution in [0.5, 0.6) is 5.75 Å². The zero-order chi connectivity index (χ0) is 14.3. The van der Waals surface area contributed by atoms with Crippen LogP contribution in [0.1, 0.15) is 18.1 Å². The van der Waals surface area contributed by atoms with E-state index in [4.69, 9.17) is 15.7 Å². The van der Waals surface area contributed by atoms with Gasteiger partial charge in [-0.3, -0.25) is 4.79 Å². The molecule has 0 fully saturated rings. The number of benzene rings is 1. The highest BCUT2D eigenvalue weighted by molar-refractivity contribution is 5.77. The zero-order valence-electron chi connectivity index (χ0n) is 11.3. The van der Waals surface area contributed by atoms with E-state index >= 15 is 0 Å². The maximum absolute atomic E-state index is 11.4. The van der Waals surface area contributed by atoms with Gasteiger partial charge in [0.05, 0.1) is 6.07 Å². The summed E-state index contributed by atoms with van der Waals surface area (Å²) in [6.45, 7) is 3.74. The van der Waals surface area contributed by atoms with Gasteiger partial charge in [0.25, 0.3) is 5.91 Å². The van der Waals surface area contributed by atoms with E-state index in [1.54, 1.807) is 0 Å². The van der Waals surface area contributed by atoms with Crippen molar-refractivity contribution in [1.29, 1.82) is 5.26 Å². The number of para-hydroxylation sites is 1. The second-order valence-electron chi connectivity index (χ2n) is 4.47. The fourth-order valence-electron chi connectivity index (χ4n) is 1.75. The van der Waals surface area contributed by atoms with Gasteiger partial charge in [0.15, 0.2) is 6.61 Å². The summed E-state index contributed by atoms with van der Waals surface area (Å²) in [5, 5.41) is 10.8. The van der Waals surface area contributed by atoms with Crippen LogP contribution in [0.25, 0.3) is 0 Å². The van der Waals surface area contributed by atoms with Gasteiger partial charge in [0.2, 0.25) is 0 Å². The van der Waals surface area contributed by atoms with E-state index in [9.17, 15) is 4.79 Å². The molecule has 1 aromatic rings. The fraction of sp³-hybridized carbons (Fsp3) is 0.429. The molecule has 5 heteroatoms. The largest absolute Gasteiger partial charge is 0.483 e. The van der Waals surface area contributed by atoms with Gasteiger partial charge >= 0.3 is 0 Å². The molecule has 0 spiro atoms. The predicted molar refractivity (Wildman–Crippen MR) is 72.7 cm³/mol. The number of nitriles is 1. The first-order chi connectivity index (χ1) is 9.04. The van der Waals surface area contributed by atoms with Gasteiger partial charge < -0.3 is 15.8 Å². The summed E-state index contributed by atoms with van der Waals surface area (Å²) in [5.74, 6) is 0.392. The van der Waals surface area contributed by atoms with E-state index in [2.05, 4.69) is 5.32 Å². The summed E-state index contributed by atoms with van der Waals surface area (Å²) in [7, 11) is 0. The smallest absolute Gasteiger partial charge is 0.258 e. The van der Waals surface area contributed by atoms with Crippen molar-refractivity contribution in [3.8, 4) is 11.8 Å². The molecule has 1 unspecified atom stereocenters. The van der Waals surface area contributed by atoms with Crippen LogP contribution in [-0.2, 0) is 11.2 Å². The molecule has 0 aliphatic heterocycles. The normalized spacial score (nSPS) is 11.5. The van der Waals surface area contributed by atoms with Crippen molar-refractivity contribution in [3.63, 3.8) is 0 Å². The van der Waals surface area contributed by atoms with Gasteiger partial charge in [-0.2, -0.15) is 5.26 Å². The van der Waals surface area contributed by atoms with Crippen LogP contribution in [-0.4, -0.2) is 25.1 Å². The number of carbonyl (C=O) groups is 1. The summed E-state index contributed by atoms with van der Waals surface area (Å²) >= 11 is 0. The minimum atomic E-state index is -0.309. The van der Waals surface area contributed by atoms with Crippen molar-refractivity contribution in [2.75, 3.05) is 13.2 Å². The Morgan fingerprint density at radius 1 is 1.58 bits per heavy atom. The Morgan fingerprint density at radius 2 is 2.32 bits per heavy atom. The van der Waals surface area contributed by atoms with Crippen LogP contribution in [0.15, 0.2) is 18.2 Å². The Balaban J connectivity index is 2.71. The van der Waals surface area contributed by atoms with Gasteiger partial charge in [-0.25, -0.2) is 0 Å². The maximum Gasteiger partial charge on any atom is 0.258 e. The van der Waals surface area contributed by atoms with Crippen LogP contribution >= 0.6 is 0 Å². The second kappa shape index (κ2) is 7.39. The summed E-state index contributed by atoms with van der Waals surface area (Å²) in [4.78, 5) is 11.4. The van der Waals surface area contributed by atoms with Crippen molar-refractivity contribution in [1.82, 2.24) is 5.32 Å². The molecule has 102 valence electrons. The van der Waals surface area contributed by atoms with Crippen LogP contribution < -0.4 is 15.8 Å². The molecular weight excluding hydrogens is 242 g/mol. The highest BCUT2D eigenvalue weighted by Crippen LogP contribution is 2.24. The first-order valence-corrected chi connectivity index (χ1v) is 6.15. The van der Waals surface area contributed by atoms with E-state index in [0.717, 1.165) is 11.1 Å². The summed E-state index contributed by atoms with van der Waals surface area (Å²) < 4.78 is 5.55. The molecule has 0 bridgehead atoms. The van der Waals surface area contributed by atoms with Gasteiger partial charge in [0.1, 0.15) is 12.3 Å². The lowest BCUT2D eigenvalue weighted by Crippen LogP contribution is -2.29. The monoisotopic (exact) mass is 261 g/mol. The van der Waals surface area contributed by atoms with Gasteiger partial charge in [0, 0.05) is 6.04 Å². The number of rotatable bonds is 6. The molecule has 1 rings (SSSR count). The Bertz CT molecular complexity index is 478. The average Bonchev–Trinajstić information content (AvgIpc) is 2.35. The highest BCUT2D eigenvalue weighted by Gasteiger charge is 2.10. The highest BCUT2D eigenvalue weighted by atomic mass is 16.5. The summed E-state index contributed by atoms with van der Waals surface area (Å²) in [5.41, 5.74) is 7.75. The number of hydrogen-bond donors (Lipinski definition) is 2. The minimum absolute atomic E-state index is 0.0113. The molecule has 0 heterocycles. The molecule has 19 heavy (non-hydrogen) atoms. The van der Waals surface area contributed by atoms with Crippen molar-refractivity contribution < 1.29 is 9.53 Å². The minimum Gasteiger partial charge on any atom is -0.483 e. The van der Waals surface area contributed by atoms with Crippen LogP contribution in [0.3, 0.4) is 0 Å². The summed E-state index contributed by atoms with van der Waals surface area (Å²) in [6.07, 6.45) is 0.691. The Hall–Kier alpha value is -2.06. The fourth-order valence-corrected chi connectivity index (χ4v) is 1.75. The molecule has 0 aliphatic rings. The quantitative estimate of drug-likeness (QED) is 0.745. The maximum atomic E-state index is 11.4. The van der Waals surface area contributed by atoms with E-state index in [-0.39, 0.29) is 25.1 Å². The van der Waals surface area contributed by atoms with Crippen LogP contribution in [0, 0.1) is 18.3 Å². The SMILES string of the molecule is Cc1cccc(CC(C)N)c1OCC(=O)NCC#N. The first kappa shape index (κ1) is 15.0. The Labute approximate surface area is 113 Å². The van der Waals surface area contributed by atoms with Crippen LogP contribution in [0.4, 0.5) is 0 Å². The van der Waals surface area contributed by atoms with E-state index < -0.39 is 0 Å². The molecular formula is C14H19N3O2. The van der Waals surface area contributed by atoms with E-state index in [1.807, 2.05) is 38.1 Å². The lowest BCUT2D eigenvalue weighted by molar-refractivity contribution is -0.122. The van der Waals surface area contributed by atoms with Crippen molar-refractivity contribution >= 4 is 5.91 Å². The number of hydrogen-bond acceptors (Lipinski definition) is 4.